The highest BCUT2D eigenvalue weighted by atomic mass is 16.5. The summed E-state index contributed by atoms with van der Waals surface area (Å²) in [5, 5.41) is 0. The molecule has 2 aliphatic rings. The van der Waals surface area contributed by atoms with Crippen molar-refractivity contribution in [1.82, 2.24) is 4.90 Å². The van der Waals surface area contributed by atoms with Crippen LogP contribution in [0.15, 0.2) is 0 Å². The predicted molar refractivity (Wildman–Crippen MR) is 45.0 cm³/mol. The van der Waals surface area contributed by atoms with Crippen LogP contribution in [0.3, 0.4) is 0 Å². The fraction of sp³-hybridized carbons (Fsp3) is 0.889. The van der Waals surface area contributed by atoms with E-state index in [2.05, 4.69) is 4.90 Å². The Labute approximate surface area is 72.7 Å². The van der Waals surface area contributed by atoms with E-state index in [1.165, 1.54) is 0 Å². The number of rotatable bonds is 2. The molecule has 3 nitrogen and oxygen atoms in total. The Morgan fingerprint density at radius 3 is 2.75 bits per heavy atom. The molecule has 2 rings (SSSR count). The molecule has 3 heteroatoms. The number of likely N-dealkylation sites (tertiary alicyclic amines) is 1. The first-order valence-electron chi connectivity index (χ1n) is 4.59. The zero-order valence-corrected chi connectivity index (χ0v) is 7.45. The average molecular weight is 169 g/mol. The maximum atomic E-state index is 10.9. The molecule has 0 radical (unpaired) electrons. The van der Waals surface area contributed by atoms with E-state index >= 15 is 0 Å². The SMILES string of the molecule is CC(=O)C1CN(C2CCOC2)C1. The lowest BCUT2D eigenvalue weighted by Crippen LogP contribution is -2.54. The Bertz CT molecular complexity index is 181. The Morgan fingerprint density at radius 2 is 2.25 bits per heavy atom. The normalized spacial score (nSPS) is 31.9. The smallest absolute Gasteiger partial charge is 0.135 e. The Balaban J connectivity index is 1.77. The number of ketones is 1. The first kappa shape index (κ1) is 8.20. The molecule has 0 bridgehead atoms. The third-order valence-corrected chi connectivity index (χ3v) is 2.91. The molecule has 0 aliphatic carbocycles. The predicted octanol–water partition coefficient (Wildman–Crippen LogP) is 0.296. The zero-order chi connectivity index (χ0) is 8.55. The van der Waals surface area contributed by atoms with E-state index in [1.807, 2.05) is 0 Å². The van der Waals surface area contributed by atoms with Crippen LogP contribution in [-0.4, -0.2) is 43.0 Å². The van der Waals surface area contributed by atoms with E-state index in [0.717, 1.165) is 32.7 Å². The third-order valence-electron chi connectivity index (χ3n) is 2.91. The van der Waals surface area contributed by atoms with Gasteiger partial charge in [0, 0.05) is 31.7 Å². The highest BCUT2D eigenvalue weighted by Crippen LogP contribution is 2.23. The van der Waals surface area contributed by atoms with Crippen molar-refractivity contribution in [3.05, 3.63) is 0 Å². The topological polar surface area (TPSA) is 29.5 Å². The van der Waals surface area contributed by atoms with Crippen molar-refractivity contribution in [3.8, 4) is 0 Å². The summed E-state index contributed by atoms with van der Waals surface area (Å²) in [6, 6.07) is 0.598. The number of hydrogen-bond acceptors (Lipinski definition) is 3. The number of ether oxygens (including phenoxy) is 1. The van der Waals surface area contributed by atoms with E-state index in [1.54, 1.807) is 6.92 Å². The van der Waals surface area contributed by atoms with Crippen LogP contribution in [0.25, 0.3) is 0 Å². The summed E-state index contributed by atoms with van der Waals surface area (Å²) >= 11 is 0. The van der Waals surface area contributed by atoms with Gasteiger partial charge in [-0.3, -0.25) is 9.69 Å². The minimum atomic E-state index is 0.311. The van der Waals surface area contributed by atoms with E-state index in [0.29, 0.717) is 17.7 Å². The molecule has 2 fully saturated rings. The molecule has 0 spiro atoms. The molecule has 68 valence electrons. The lowest BCUT2D eigenvalue weighted by Gasteiger charge is -2.41. The van der Waals surface area contributed by atoms with Crippen LogP contribution < -0.4 is 0 Å². The van der Waals surface area contributed by atoms with Crippen LogP contribution in [0.4, 0.5) is 0 Å². The molecule has 0 aromatic carbocycles. The van der Waals surface area contributed by atoms with Gasteiger partial charge in [0.1, 0.15) is 5.78 Å². The number of carbonyl (C=O) groups excluding carboxylic acids is 1. The van der Waals surface area contributed by atoms with E-state index in [9.17, 15) is 4.79 Å². The molecule has 2 saturated heterocycles. The summed E-state index contributed by atoms with van der Waals surface area (Å²) in [6.45, 7) is 5.37. The molecule has 1 unspecified atom stereocenters. The van der Waals surface area contributed by atoms with Gasteiger partial charge >= 0.3 is 0 Å². The van der Waals surface area contributed by atoms with Crippen molar-refractivity contribution in [2.24, 2.45) is 5.92 Å². The first-order chi connectivity index (χ1) is 5.77. The van der Waals surface area contributed by atoms with Gasteiger partial charge in [0.05, 0.1) is 6.61 Å². The molecule has 0 saturated carbocycles. The van der Waals surface area contributed by atoms with Crippen molar-refractivity contribution >= 4 is 5.78 Å². The van der Waals surface area contributed by atoms with Gasteiger partial charge in [-0.2, -0.15) is 0 Å². The van der Waals surface area contributed by atoms with Crippen LogP contribution in [0.5, 0.6) is 0 Å². The highest BCUT2D eigenvalue weighted by Gasteiger charge is 2.36. The van der Waals surface area contributed by atoms with Gasteiger partial charge in [0.2, 0.25) is 0 Å². The third kappa shape index (κ3) is 1.39. The molecule has 0 aromatic rings. The molecule has 0 aromatic heterocycles. The first-order valence-corrected chi connectivity index (χ1v) is 4.59. The van der Waals surface area contributed by atoms with Crippen molar-refractivity contribution in [1.29, 1.82) is 0 Å². The summed E-state index contributed by atoms with van der Waals surface area (Å²) in [5.74, 6) is 0.649. The summed E-state index contributed by atoms with van der Waals surface area (Å²) in [6.07, 6.45) is 1.14. The van der Waals surface area contributed by atoms with Gasteiger partial charge in [-0.1, -0.05) is 0 Å². The van der Waals surface area contributed by atoms with Crippen molar-refractivity contribution in [2.45, 2.75) is 19.4 Å². The van der Waals surface area contributed by atoms with E-state index in [4.69, 9.17) is 4.74 Å². The minimum Gasteiger partial charge on any atom is -0.380 e. The van der Waals surface area contributed by atoms with Gasteiger partial charge < -0.3 is 4.74 Å². The summed E-state index contributed by atoms with van der Waals surface area (Å²) < 4.78 is 5.28. The summed E-state index contributed by atoms with van der Waals surface area (Å²) in [4.78, 5) is 13.3. The number of Topliss-reactive ketones (excluding diaryl/α,β-unsaturated/α-hetero) is 1. The van der Waals surface area contributed by atoms with Crippen molar-refractivity contribution in [3.63, 3.8) is 0 Å². The standard InChI is InChI=1S/C9H15NO2/c1-7(11)8-4-10(5-8)9-2-3-12-6-9/h8-9H,2-6H2,1H3. The Morgan fingerprint density at radius 1 is 1.50 bits per heavy atom. The lowest BCUT2D eigenvalue weighted by molar-refractivity contribution is -0.126. The molecular formula is C9H15NO2. The minimum absolute atomic E-state index is 0.311. The van der Waals surface area contributed by atoms with Crippen LogP contribution in [-0.2, 0) is 9.53 Å². The molecule has 2 aliphatic heterocycles. The van der Waals surface area contributed by atoms with Crippen LogP contribution in [0, 0.1) is 5.92 Å². The highest BCUT2D eigenvalue weighted by molar-refractivity contribution is 5.79. The summed E-state index contributed by atoms with van der Waals surface area (Å²) in [5.41, 5.74) is 0. The van der Waals surface area contributed by atoms with Gasteiger partial charge in [-0.25, -0.2) is 0 Å². The van der Waals surface area contributed by atoms with E-state index in [-0.39, 0.29) is 0 Å². The summed E-state index contributed by atoms with van der Waals surface area (Å²) in [7, 11) is 0. The second-order valence-electron chi connectivity index (χ2n) is 3.78. The van der Waals surface area contributed by atoms with Crippen LogP contribution in [0.1, 0.15) is 13.3 Å². The number of nitrogens with zero attached hydrogens (tertiary/aromatic N) is 1. The molecular weight excluding hydrogens is 154 g/mol. The maximum Gasteiger partial charge on any atom is 0.135 e. The van der Waals surface area contributed by atoms with Gasteiger partial charge in [0.15, 0.2) is 0 Å². The largest absolute Gasteiger partial charge is 0.380 e. The fourth-order valence-corrected chi connectivity index (χ4v) is 1.88. The fourth-order valence-electron chi connectivity index (χ4n) is 1.88. The Hall–Kier alpha value is -0.410. The number of carbonyl (C=O) groups is 1. The quantitative estimate of drug-likeness (QED) is 0.595. The molecule has 2 heterocycles. The second kappa shape index (κ2) is 3.15. The second-order valence-corrected chi connectivity index (χ2v) is 3.78. The average Bonchev–Trinajstić information content (AvgIpc) is 2.34. The molecule has 0 N–H and O–H groups in total. The molecule has 0 amide bonds. The molecule has 12 heavy (non-hydrogen) atoms. The van der Waals surface area contributed by atoms with Crippen LogP contribution >= 0.6 is 0 Å². The Kier molecular flexibility index (Phi) is 2.15. The zero-order valence-electron chi connectivity index (χ0n) is 7.45. The van der Waals surface area contributed by atoms with Crippen molar-refractivity contribution < 1.29 is 9.53 Å². The van der Waals surface area contributed by atoms with Crippen molar-refractivity contribution in [2.75, 3.05) is 26.3 Å². The molecule has 1 atom stereocenters. The van der Waals surface area contributed by atoms with Gasteiger partial charge in [-0.05, 0) is 13.3 Å². The van der Waals surface area contributed by atoms with Gasteiger partial charge in [-0.15, -0.1) is 0 Å². The van der Waals surface area contributed by atoms with Crippen LogP contribution in [0.2, 0.25) is 0 Å². The lowest BCUT2D eigenvalue weighted by atomic mass is 9.94. The van der Waals surface area contributed by atoms with Gasteiger partial charge in [0.25, 0.3) is 0 Å². The van der Waals surface area contributed by atoms with E-state index < -0.39 is 0 Å². The number of hydrogen-bond donors (Lipinski definition) is 0. The monoisotopic (exact) mass is 169 g/mol. The maximum absolute atomic E-state index is 10.9.